The van der Waals surface area contributed by atoms with Crippen molar-refractivity contribution in [2.75, 3.05) is 13.2 Å². The molecule has 106 valence electrons. The zero-order chi connectivity index (χ0) is 13.5. The summed E-state index contributed by atoms with van der Waals surface area (Å²) in [5.74, 6) is 0. The summed E-state index contributed by atoms with van der Waals surface area (Å²) in [5.41, 5.74) is 2.81. The second-order valence-corrected chi connectivity index (χ2v) is 5.45. The van der Waals surface area contributed by atoms with Gasteiger partial charge in [0.05, 0.1) is 6.10 Å². The Morgan fingerprint density at radius 1 is 1.21 bits per heavy atom. The molecule has 0 aromatic heterocycles. The molecule has 1 aliphatic rings. The van der Waals surface area contributed by atoms with Crippen LogP contribution in [-0.4, -0.2) is 19.3 Å². The minimum Gasteiger partial charge on any atom is -0.377 e. The average molecular weight is 261 g/mol. The Hall–Kier alpha value is -0.860. The summed E-state index contributed by atoms with van der Waals surface area (Å²) in [5, 5.41) is 3.67. The molecule has 0 spiro atoms. The van der Waals surface area contributed by atoms with E-state index in [1.807, 2.05) is 0 Å². The maximum atomic E-state index is 5.78. The fourth-order valence-corrected chi connectivity index (χ4v) is 2.73. The van der Waals surface area contributed by atoms with Crippen LogP contribution in [0.5, 0.6) is 0 Å². The molecule has 2 heteroatoms. The van der Waals surface area contributed by atoms with E-state index in [0.29, 0.717) is 12.1 Å². The number of nitrogens with one attached hydrogen (secondary N) is 1. The number of rotatable bonds is 6. The fraction of sp³-hybridized carbons (Fsp3) is 0.647. The summed E-state index contributed by atoms with van der Waals surface area (Å²) in [4.78, 5) is 0. The Morgan fingerprint density at radius 2 is 2.00 bits per heavy atom. The van der Waals surface area contributed by atoms with Crippen molar-refractivity contribution in [3.63, 3.8) is 0 Å². The highest BCUT2D eigenvalue weighted by atomic mass is 16.5. The van der Waals surface area contributed by atoms with Gasteiger partial charge in [-0.2, -0.15) is 0 Å². The minimum absolute atomic E-state index is 0.415. The normalized spacial score (nSPS) is 21.3. The molecule has 0 saturated carbocycles. The van der Waals surface area contributed by atoms with Crippen LogP contribution in [-0.2, 0) is 11.2 Å². The van der Waals surface area contributed by atoms with E-state index in [-0.39, 0.29) is 0 Å². The second-order valence-electron chi connectivity index (χ2n) is 5.45. The first-order valence-electron chi connectivity index (χ1n) is 7.77. The van der Waals surface area contributed by atoms with Crippen LogP contribution < -0.4 is 5.32 Å². The van der Waals surface area contributed by atoms with Gasteiger partial charge in [0, 0.05) is 19.2 Å². The Kier molecular flexibility index (Phi) is 5.87. The molecule has 1 heterocycles. The van der Waals surface area contributed by atoms with Crippen molar-refractivity contribution in [2.24, 2.45) is 0 Å². The van der Waals surface area contributed by atoms with Crippen molar-refractivity contribution < 1.29 is 4.74 Å². The highest BCUT2D eigenvalue weighted by molar-refractivity contribution is 5.25. The van der Waals surface area contributed by atoms with Crippen LogP contribution in [0.3, 0.4) is 0 Å². The van der Waals surface area contributed by atoms with Gasteiger partial charge in [0.15, 0.2) is 0 Å². The molecule has 0 aliphatic carbocycles. The van der Waals surface area contributed by atoms with Crippen LogP contribution in [0.2, 0.25) is 0 Å². The molecule has 0 amide bonds. The zero-order valence-electron chi connectivity index (χ0n) is 12.3. The molecule has 2 rings (SSSR count). The van der Waals surface area contributed by atoms with Crippen molar-refractivity contribution in [2.45, 2.75) is 58.1 Å². The van der Waals surface area contributed by atoms with Crippen LogP contribution in [0.25, 0.3) is 0 Å². The Labute approximate surface area is 117 Å². The third-order valence-corrected chi connectivity index (χ3v) is 4.06. The van der Waals surface area contributed by atoms with E-state index in [1.54, 1.807) is 0 Å². The number of ether oxygens (including phenoxy) is 1. The molecule has 19 heavy (non-hydrogen) atoms. The van der Waals surface area contributed by atoms with Gasteiger partial charge in [0.25, 0.3) is 0 Å². The van der Waals surface area contributed by atoms with Crippen LogP contribution in [0.1, 0.15) is 56.7 Å². The number of aryl methyl sites for hydroxylation is 1. The maximum absolute atomic E-state index is 5.78. The average Bonchev–Trinajstić information content (AvgIpc) is 2.49. The van der Waals surface area contributed by atoms with Crippen molar-refractivity contribution in [3.8, 4) is 0 Å². The summed E-state index contributed by atoms with van der Waals surface area (Å²) in [7, 11) is 0. The fourth-order valence-electron chi connectivity index (χ4n) is 2.73. The molecule has 2 atom stereocenters. The van der Waals surface area contributed by atoms with Gasteiger partial charge in [-0.3, -0.25) is 0 Å². The summed E-state index contributed by atoms with van der Waals surface area (Å²) < 4.78 is 5.78. The predicted octanol–water partition coefficient (Wildman–Crippen LogP) is 3.86. The molecule has 1 aromatic carbocycles. The Balaban J connectivity index is 1.87. The standard InChI is InChI=1S/C17H27NO/c1-3-14-8-10-15(11-9-14)17(4-2)18-13-16-7-5-6-12-19-16/h8-11,16-18H,3-7,12-13H2,1-2H3. The van der Waals surface area contributed by atoms with Gasteiger partial charge in [-0.05, 0) is 43.2 Å². The van der Waals surface area contributed by atoms with Crippen molar-refractivity contribution in [1.82, 2.24) is 5.32 Å². The van der Waals surface area contributed by atoms with Gasteiger partial charge in [-0.1, -0.05) is 38.1 Å². The van der Waals surface area contributed by atoms with E-state index < -0.39 is 0 Å². The third-order valence-electron chi connectivity index (χ3n) is 4.06. The summed E-state index contributed by atoms with van der Waals surface area (Å²) >= 11 is 0. The quantitative estimate of drug-likeness (QED) is 0.839. The van der Waals surface area contributed by atoms with Crippen LogP contribution in [0, 0.1) is 0 Å². The van der Waals surface area contributed by atoms with Crippen molar-refractivity contribution in [1.29, 1.82) is 0 Å². The molecular weight excluding hydrogens is 234 g/mol. The predicted molar refractivity (Wildman–Crippen MR) is 80.4 cm³/mol. The summed E-state index contributed by atoms with van der Waals surface area (Å²) in [6.45, 7) is 6.36. The molecule has 1 saturated heterocycles. The molecule has 1 fully saturated rings. The SMILES string of the molecule is CCc1ccc(C(CC)NCC2CCCCO2)cc1. The van der Waals surface area contributed by atoms with Gasteiger partial charge >= 0.3 is 0 Å². The molecule has 1 aliphatic heterocycles. The molecule has 1 aromatic rings. The highest BCUT2D eigenvalue weighted by Crippen LogP contribution is 2.19. The van der Waals surface area contributed by atoms with Crippen LogP contribution >= 0.6 is 0 Å². The van der Waals surface area contributed by atoms with Gasteiger partial charge in [0.1, 0.15) is 0 Å². The summed E-state index contributed by atoms with van der Waals surface area (Å²) in [6, 6.07) is 9.48. The molecule has 0 bridgehead atoms. The minimum atomic E-state index is 0.415. The molecule has 1 N–H and O–H groups in total. The largest absolute Gasteiger partial charge is 0.377 e. The Bertz CT molecular complexity index is 354. The van der Waals surface area contributed by atoms with Gasteiger partial charge in [-0.15, -0.1) is 0 Å². The van der Waals surface area contributed by atoms with E-state index in [9.17, 15) is 0 Å². The van der Waals surface area contributed by atoms with Crippen LogP contribution in [0.4, 0.5) is 0 Å². The number of benzene rings is 1. The number of hydrogen-bond acceptors (Lipinski definition) is 2. The van der Waals surface area contributed by atoms with Crippen LogP contribution in [0.15, 0.2) is 24.3 Å². The maximum Gasteiger partial charge on any atom is 0.0699 e. The first kappa shape index (κ1) is 14.5. The van der Waals surface area contributed by atoms with E-state index >= 15 is 0 Å². The van der Waals surface area contributed by atoms with E-state index in [2.05, 4.69) is 43.4 Å². The monoisotopic (exact) mass is 261 g/mol. The molecular formula is C17H27NO. The zero-order valence-corrected chi connectivity index (χ0v) is 12.3. The van der Waals surface area contributed by atoms with Gasteiger partial charge in [-0.25, -0.2) is 0 Å². The lowest BCUT2D eigenvalue weighted by atomic mass is 10.0. The van der Waals surface area contributed by atoms with Gasteiger partial charge < -0.3 is 10.1 Å². The Morgan fingerprint density at radius 3 is 2.58 bits per heavy atom. The topological polar surface area (TPSA) is 21.3 Å². The van der Waals surface area contributed by atoms with E-state index in [1.165, 1.54) is 30.4 Å². The second kappa shape index (κ2) is 7.66. The molecule has 2 unspecified atom stereocenters. The van der Waals surface area contributed by atoms with Crippen molar-refractivity contribution >= 4 is 0 Å². The van der Waals surface area contributed by atoms with E-state index in [0.717, 1.165) is 26.0 Å². The van der Waals surface area contributed by atoms with Gasteiger partial charge in [0.2, 0.25) is 0 Å². The van der Waals surface area contributed by atoms with Crippen molar-refractivity contribution in [3.05, 3.63) is 35.4 Å². The summed E-state index contributed by atoms with van der Waals surface area (Å²) in [6.07, 6.45) is 6.40. The molecule has 0 radical (unpaired) electrons. The lowest BCUT2D eigenvalue weighted by Crippen LogP contribution is -2.34. The highest BCUT2D eigenvalue weighted by Gasteiger charge is 2.16. The lowest BCUT2D eigenvalue weighted by molar-refractivity contribution is 0.0152. The first-order valence-corrected chi connectivity index (χ1v) is 7.77. The number of hydrogen-bond donors (Lipinski definition) is 1. The smallest absolute Gasteiger partial charge is 0.0699 e. The lowest BCUT2D eigenvalue weighted by Gasteiger charge is -2.26. The molecule has 2 nitrogen and oxygen atoms in total. The van der Waals surface area contributed by atoms with E-state index in [4.69, 9.17) is 4.74 Å². The first-order chi connectivity index (χ1) is 9.33. The third kappa shape index (κ3) is 4.32.